The van der Waals surface area contributed by atoms with Gasteiger partial charge in [-0.3, -0.25) is 4.57 Å². The standard InChI is InChI=1S/C21H24N2O4S/c1-12-8-15-16(9-13(12)2)23(20-19(26)18(25)17(10-24)27-20)21(22-15)28-11-14-6-4-3-5-7-14/h3-9,17-20,24-26H,10-11H2,1-2H3/t17-,18+,19-,20+/m0/s1. The molecule has 1 fully saturated rings. The summed E-state index contributed by atoms with van der Waals surface area (Å²) in [6.07, 6.45) is -3.92. The normalized spacial score (nSPS) is 24.9. The molecule has 0 spiro atoms. The molecule has 3 N–H and O–H groups in total. The fourth-order valence-corrected chi connectivity index (χ4v) is 4.48. The van der Waals surface area contributed by atoms with Crippen LogP contribution in [0.25, 0.3) is 11.0 Å². The van der Waals surface area contributed by atoms with Gasteiger partial charge in [0.05, 0.1) is 17.6 Å². The summed E-state index contributed by atoms with van der Waals surface area (Å²) in [7, 11) is 0. The van der Waals surface area contributed by atoms with Gasteiger partial charge in [-0.25, -0.2) is 4.98 Å². The van der Waals surface area contributed by atoms with Crippen molar-refractivity contribution in [2.24, 2.45) is 0 Å². The summed E-state index contributed by atoms with van der Waals surface area (Å²) >= 11 is 1.55. The lowest BCUT2D eigenvalue weighted by molar-refractivity contribution is -0.0546. The summed E-state index contributed by atoms with van der Waals surface area (Å²) < 4.78 is 7.66. The highest BCUT2D eigenvalue weighted by Crippen LogP contribution is 2.37. The van der Waals surface area contributed by atoms with Crippen molar-refractivity contribution in [1.82, 2.24) is 9.55 Å². The van der Waals surface area contributed by atoms with E-state index in [4.69, 9.17) is 9.72 Å². The lowest BCUT2D eigenvalue weighted by Crippen LogP contribution is -2.33. The number of benzene rings is 2. The number of nitrogens with zero attached hydrogens (tertiary/aromatic N) is 2. The topological polar surface area (TPSA) is 87.7 Å². The molecule has 4 rings (SSSR count). The Morgan fingerprint density at radius 2 is 1.79 bits per heavy atom. The molecule has 1 saturated heterocycles. The number of imidazole rings is 1. The van der Waals surface area contributed by atoms with Crippen LogP contribution in [0.15, 0.2) is 47.6 Å². The van der Waals surface area contributed by atoms with Crippen LogP contribution in [0, 0.1) is 13.8 Å². The molecule has 148 valence electrons. The maximum Gasteiger partial charge on any atom is 0.171 e. The van der Waals surface area contributed by atoms with E-state index in [0.29, 0.717) is 5.16 Å². The largest absolute Gasteiger partial charge is 0.394 e. The van der Waals surface area contributed by atoms with Gasteiger partial charge in [-0.1, -0.05) is 42.1 Å². The Kier molecular flexibility index (Phi) is 5.44. The van der Waals surface area contributed by atoms with Crippen molar-refractivity contribution < 1.29 is 20.1 Å². The zero-order chi connectivity index (χ0) is 19.8. The minimum atomic E-state index is -1.15. The molecule has 1 aliphatic rings. The van der Waals surface area contributed by atoms with Crippen LogP contribution in [0.2, 0.25) is 0 Å². The van der Waals surface area contributed by atoms with Crippen LogP contribution in [0.4, 0.5) is 0 Å². The van der Waals surface area contributed by atoms with Crippen LogP contribution in [0.5, 0.6) is 0 Å². The summed E-state index contributed by atoms with van der Waals surface area (Å²) in [6.45, 7) is 3.71. The Hall–Kier alpha value is -1.90. The quantitative estimate of drug-likeness (QED) is 0.571. The number of thioether (sulfide) groups is 1. The molecule has 3 aromatic rings. The van der Waals surface area contributed by atoms with E-state index in [-0.39, 0.29) is 6.61 Å². The number of rotatable bonds is 5. The maximum atomic E-state index is 10.6. The highest BCUT2D eigenvalue weighted by Gasteiger charge is 2.44. The maximum absolute atomic E-state index is 10.6. The third-order valence-electron chi connectivity index (χ3n) is 5.25. The van der Waals surface area contributed by atoms with Gasteiger partial charge in [0.25, 0.3) is 0 Å². The lowest BCUT2D eigenvalue weighted by Gasteiger charge is -2.20. The predicted molar refractivity (Wildman–Crippen MR) is 108 cm³/mol. The second-order valence-electron chi connectivity index (χ2n) is 7.19. The molecular weight excluding hydrogens is 376 g/mol. The van der Waals surface area contributed by atoms with Crippen LogP contribution < -0.4 is 0 Å². The summed E-state index contributed by atoms with van der Waals surface area (Å²) in [5, 5.41) is 31.0. The zero-order valence-corrected chi connectivity index (χ0v) is 16.6. The zero-order valence-electron chi connectivity index (χ0n) is 15.8. The van der Waals surface area contributed by atoms with Crippen molar-refractivity contribution in [1.29, 1.82) is 0 Å². The number of hydrogen-bond acceptors (Lipinski definition) is 6. The molecule has 4 atom stereocenters. The minimum absolute atomic E-state index is 0.355. The second-order valence-corrected chi connectivity index (χ2v) is 8.14. The van der Waals surface area contributed by atoms with E-state index in [1.54, 1.807) is 11.8 Å². The van der Waals surface area contributed by atoms with E-state index in [1.807, 2.05) is 48.7 Å². The lowest BCUT2D eigenvalue weighted by atomic mass is 10.1. The molecule has 0 saturated carbocycles. The average Bonchev–Trinajstić information content (AvgIpc) is 3.18. The Bertz CT molecular complexity index is 975. The Labute approximate surface area is 167 Å². The Balaban J connectivity index is 1.76. The van der Waals surface area contributed by atoms with Crippen molar-refractivity contribution in [3.8, 4) is 0 Å². The van der Waals surface area contributed by atoms with Crippen LogP contribution in [-0.4, -0.2) is 49.8 Å². The van der Waals surface area contributed by atoms with Gasteiger partial charge >= 0.3 is 0 Å². The van der Waals surface area contributed by atoms with Crippen molar-refractivity contribution in [2.75, 3.05) is 6.61 Å². The number of fused-ring (bicyclic) bond motifs is 1. The SMILES string of the molecule is Cc1cc2nc(SCc3ccccc3)n([C@@H]3O[C@@H](CO)[C@@H](O)[C@@H]3O)c2cc1C. The molecular formula is C21H24N2O4S. The van der Waals surface area contributed by atoms with E-state index >= 15 is 0 Å². The highest BCUT2D eigenvalue weighted by molar-refractivity contribution is 7.98. The van der Waals surface area contributed by atoms with E-state index in [9.17, 15) is 15.3 Å². The molecule has 0 radical (unpaired) electrons. The molecule has 6 nitrogen and oxygen atoms in total. The van der Waals surface area contributed by atoms with Gasteiger partial charge in [0.1, 0.15) is 18.3 Å². The van der Waals surface area contributed by atoms with Crippen molar-refractivity contribution in [2.45, 2.75) is 49.3 Å². The van der Waals surface area contributed by atoms with Gasteiger partial charge < -0.3 is 20.1 Å². The van der Waals surface area contributed by atoms with Gasteiger partial charge in [-0.2, -0.15) is 0 Å². The summed E-state index contributed by atoms with van der Waals surface area (Å²) in [5.41, 5.74) is 5.07. The molecule has 0 amide bonds. The number of aromatic nitrogens is 2. The predicted octanol–water partition coefficient (Wildman–Crippen LogP) is 2.56. The fourth-order valence-electron chi connectivity index (χ4n) is 3.49. The van der Waals surface area contributed by atoms with Gasteiger partial charge in [0.15, 0.2) is 11.4 Å². The van der Waals surface area contributed by atoms with E-state index in [0.717, 1.165) is 27.9 Å². The van der Waals surface area contributed by atoms with Crippen molar-refractivity contribution >= 4 is 22.8 Å². The number of hydrogen-bond donors (Lipinski definition) is 3. The molecule has 1 aromatic heterocycles. The van der Waals surface area contributed by atoms with E-state index in [2.05, 4.69) is 12.1 Å². The monoisotopic (exact) mass is 400 g/mol. The Morgan fingerprint density at radius 1 is 1.07 bits per heavy atom. The van der Waals surface area contributed by atoms with Crippen molar-refractivity contribution in [3.63, 3.8) is 0 Å². The molecule has 0 aliphatic carbocycles. The first kappa shape index (κ1) is 19.4. The molecule has 2 heterocycles. The first-order chi connectivity index (χ1) is 13.5. The Morgan fingerprint density at radius 3 is 2.46 bits per heavy atom. The van der Waals surface area contributed by atoms with Gasteiger partial charge in [0.2, 0.25) is 0 Å². The highest BCUT2D eigenvalue weighted by atomic mass is 32.2. The first-order valence-corrected chi connectivity index (χ1v) is 10.3. The second kappa shape index (κ2) is 7.85. The van der Waals surface area contributed by atoms with Gasteiger partial charge in [-0.15, -0.1) is 0 Å². The van der Waals surface area contributed by atoms with Crippen LogP contribution in [0.1, 0.15) is 22.9 Å². The molecule has 0 unspecified atom stereocenters. The van der Waals surface area contributed by atoms with Crippen LogP contribution >= 0.6 is 11.8 Å². The smallest absolute Gasteiger partial charge is 0.171 e. The average molecular weight is 401 g/mol. The first-order valence-electron chi connectivity index (χ1n) is 9.28. The molecule has 0 bridgehead atoms. The fraction of sp³-hybridized carbons (Fsp3) is 0.381. The summed E-state index contributed by atoms with van der Waals surface area (Å²) in [6, 6.07) is 14.1. The van der Waals surface area contributed by atoms with E-state index < -0.39 is 24.5 Å². The molecule has 7 heteroatoms. The van der Waals surface area contributed by atoms with Crippen LogP contribution in [-0.2, 0) is 10.5 Å². The molecule has 2 aromatic carbocycles. The summed E-state index contributed by atoms with van der Waals surface area (Å²) in [4.78, 5) is 4.78. The molecule has 1 aliphatic heterocycles. The van der Waals surface area contributed by atoms with E-state index in [1.165, 1.54) is 5.56 Å². The third-order valence-corrected chi connectivity index (χ3v) is 6.28. The summed E-state index contributed by atoms with van der Waals surface area (Å²) in [5.74, 6) is 0.719. The number of aryl methyl sites for hydroxylation is 2. The van der Waals surface area contributed by atoms with Crippen LogP contribution in [0.3, 0.4) is 0 Å². The molecule has 28 heavy (non-hydrogen) atoms. The minimum Gasteiger partial charge on any atom is -0.394 e. The van der Waals surface area contributed by atoms with Gasteiger partial charge in [-0.05, 0) is 42.7 Å². The number of aliphatic hydroxyl groups excluding tert-OH is 3. The number of aliphatic hydroxyl groups is 3. The number of ether oxygens (including phenoxy) is 1. The van der Waals surface area contributed by atoms with Gasteiger partial charge in [0, 0.05) is 5.75 Å². The third kappa shape index (κ3) is 3.44. The van der Waals surface area contributed by atoms with Crippen molar-refractivity contribution in [3.05, 3.63) is 59.2 Å².